The zero-order chi connectivity index (χ0) is 17.9. The number of piperidine rings is 1. The average molecular weight is 418 g/mol. The number of benzene rings is 1. The molecule has 0 radical (unpaired) electrons. The maximum absolute atomic E-state index is 13.5. The van der Waals surface area contributed by atoms with Gasteiger partial charge in [0.05, 0.1) is 11.3 Å². The fourth-order valence-electron chi connectivity index (χ4n) is 2.55. The lowest BCUT2D eigenvalue weighted by Gasteiger charge is -2.31. The Morgan fingerprint density at radius 2 is 1.88 bits per heavy atom. The third-order valence-electron chi connectivity index (χ3n) is 3.71. The molecule has 0 amide bonds. The van der Waals surface area contributed by atoms with Gasteiger partial charge in [-0.05, 0) is 30.9 Å². The van der Waals surface area contributed by atoms with Crippen LogP contribution in [-0.2, 0) is 6.18 Å². The van der Waals surface area contributed by atoms with Crippen LogP contribution in [0.4, 0.5) is 23.2 Å². The molecule has 4 N–H and O–H groups in total. The van der Waals surface area contributed by atoms with E-state index in [-0.39, 0.29) is 42.4 Å². The molecule has 1 aromatic carbocycles. The van der Waals surface area contributed by atoms with E-state index in [9.17, 15) is 17.6 Å². The number of nitrogens with two attached hydrogens (primary N) is 2. The van der Waals surface area contributed by atoms with Crippen molar-refractivity contribution in [1.82, 2.24) is 4.90 Å². The van der Waals surface area contributed by atoms with Crippen molar-refractivity contribution in [2.24, 2.45) is 27.4 Å². The minimum Gasteiger partial charge on any atom is -0.369 e. The average Bonchev–Trinajstić information content (AvgIpc) is 2.45. The smallest absolute Gasteiger partial charge is 0.369 e. The summed E-state index contributed by atoms with van der Waals surface area (Å²) in [5.74, 6) is -0.993. The van der Waals surface area contributed by atoms with Crippen molar-refractivity contribution in [1.29, 1.82) is 0 Å². The Labute approximate surface area is 161 Å². The molecule has 26 heavy (non-hydrogen) atoms. The lowest BCUT2D eigenvalue weighted by Crippen LogP contribution is -2.44. The summed E-state index contributed by atoms with van der Waals surface area (Å²) in [6.45, 7) is 3.60. The van der Waals surface area contributed by atoms with E-state index in [1.165, 1.54) is 0 Å². The molecular weight excluding hydrogens is 397 g/mol. The first-order valence-electron chi connectivity index (χ1n) is 7.47. The largest absolute Gasteiger partial charge is 0.419 e. The Balaban J connectivity index is 0.00000312. The van der Waals surface area contributed by atoms with Crippen molar-refractivity contribution in [3.8, 4) is 0 Å². The van der Waals surface area contributed by atoms with Crippen molar-refractivity contribution in [3.05, 3.63) is 29.6 Å². The van der Waals surface area contributed by atoms with E-state index in [1.54, 1.807) is 0 Å². The van der Waals surface area contributed by atoms with E-state index >= 15 is 0 Å². The first-order valence-corrected chi connectivity index (χ1v) is 7.47. The van der Waals surface area contributed by atoms with Gasteiger partial charge in [-0.15, -0.1) is 24.8 Å². The van der Waals surface area contributed by atoms with Gasteiger partial charge in [0.1, 0.15) is 5.82 Å². The highest BCUT2D eigenvalue weighted by atomic mass is 35.5. The van der Waals surface area contributed by atoms with E-state index in [2.05, 4.69) is 16.9 Å². The van der Waals surface area contributed by atoms with Gasteiger partial charge in [0.2, 0.25) is 5.96 Å². The highest BCUT2D eigenvalue weighted by Crippen LogP contribution is 2.32. The van der Waals surface area contributed by atoms with E-state index in [0.29, 0.717) is 18.1 Å². The number of hydrogen-bond acceptors (Lipinski definition) is 1. The summed E-state index contributed by atoms with van der Waals surface area (Å²) >= 11 is 0. The molecule has 1 fully saturated rings. The summed E-state index contributed by atoms with van der Waals surface area (Å²) in [5.41, 5.74) is 10.1. The highest BCUT2D eigenvalue weighted by Gasteiger charge is 2.33. The topological polar surface area (TPSA) is 80.0 Å². The van der Waals surface area contributed by atoms with Gasteiger partial charge in [0, 0.05) is 19.2 Å². The number of aliphatic imine (C=N–C) groups is 2. The van der Waals surface area contributed by atoms with Crippen LogP contribution in [-0.4, -0.2) is 29.9 Å². The van der Waals surface area contributed by atoms with Gasteiger partial charge in [-0.2, -0.15) is 18.2 Å². The number of likely N-dealkylation sites (tertiary alicyclic amines) is 1. The summed E-state index contributed by atoms with van der Waals surface area (Å²) in [4.78, 5) is 9.59. The number of nitrogens with zero attached hydrogens (tertiary/aromatic N) is 3. The number of alkyl halides is 3. The molecule has 2 rings (SSSR count). The van der Waals surface area contributed by atoms with E-state index in [1.807, 2.05) is 4.90 Å². The van der Waals surface area contributed by atoms with Crippen LogP contribution in [0.1, 0.15) is 25.3 Å². The predicted molar refractivity (Wildman–Crippen MR) is 98.8 cm³/mol. The van der Waals surface area contributed by atoms with E-state index in [4.69, 9.17) is 11.5 Å². The zero-order valence-corrected chi connectivity index (χ0v) is 15.6. The number of halogens is 6. The second-order valence-corrected chi connectivity index (χ2v) is 5.80. The van der Waals surface area contributed by atoms with Crippen LogP contribution in [0.2, 0.25) is 0 Å². The van der Waals surface area contributed by atoms with Gasteiger partial charge in [-0.3, -0.25) is 0 Å². The molecule has 1 saturated heterocycles. The summed E-state index contributed by atoms with van der Waals surface area (Å²) in [6, 6.07) is 2.29. The SMILES string of the molecule is CC1CCCN(/C(N)=N\C(N)=Nc2ccc(C(F)(F)F)c(F)c2)C1.Cl.Cl. The number of hydrogen-bond donors (Lipinski definition) is 2. The lowest BCUT2D eigenvalue weighted by molar-refractivity contribution is -0.139. The minimum absolute atomic E-state index is 0. The Hall–Kier alpha value is -1.74. The molecule has 1 unspecified atom stereocenters. The normalized spacial score (nSPS) is 18.8. The molecule has 11 heteroatoms. The van der Waals surface area contributed by atoms with Crippen molar-refractivity contribution < 1.29 is 17.6 Å². The molecular formula is C15H21Cl2F4N5. The maximum Gasteiger partial charge on any atom is 0.419 e. The minimum atomic E-state index is -4.76. The lowest BCUT2D eigenvalue weighted by atomic mass is 10.0. The van der Waals surface area contributed by atoms with Crippen LogP contribution in [0.15, 0.2) is 28.2 Å². The molecule has 1 heterocycles. The quantitative estimate of drug-likeness (QED) is 0.415. The third-order valence-corrected chi connectivity index (χ3v) is 3.71. The van der Waals surface area contributed by atoms with Crippen LogP contribution in [0.5, 0.6) is 0 Å². The van der Waals surface area contributed by atoms with Crippen molar-refractivity contribution in [2.45, 2.75) is 25.9 Å². The monoisotopic (exact) mass is 417 g/mol. The molecule has 5 nitrogen and oxygen atoms in total. The standard InChI is InChI=1S/C15H19F4N5.2ClH/c1-9-3-2-6-24(8-9)14(21)23-13(20)22-10-4-5-11(12(16)7-10)15(17,18)19;;/h4-5,7,9H,2-3,6,8H2,1H3,(H4,20,21,22,23);2*1H. The Kier molecular flexibility index (Phi) is 9.16. The van der Waals surface area contributed by atoms with E-state index in [0.717, 1.165) is 32.0 Å². The van der Waals surface area contributed by atoms with Crippen LogP contribution < -0.4 is 11.5 Å². The van der Waals surface area contributed by atoms with Crippen molar-refractivity contribution in [3.63, 3.8) is 0 Å². The first kappa shape index (κ1) is 24.3. The van der Waals surface area contributed by atoms with Gasteiger partial charge in [0.15, 0.2) is 5.96 Å². The first-order chi connectivity index (χ1) is 11.2. The van der Waals surface area contributed by atoms with Crippen LogP contribution in [0.25, 0.3) is 0 Å². The summed E-state index contributed by atoms with van der Waals surface area (Å²) < 4.78 is 51.0. The van der Waals surface area contributed by atoms with Crippen LogP contribution in [0, 0.1) is 11.7 Å². The summed E-state index contributed by atoms with van der Waals surface area (Å²) in [7, 11) is 0. The second kappa shape index (κ2) is 9.82. The highest BCUT2D eigenvalue weighted by molar-refractivity contribution is 5.94. The molecule has 148 valence electrons. The number of guanidine groups is 2. The Morgan fingerprint density at radius 1 is 1.23 bits per heavy atom. The van der Waals surface area contributed by atoms with Crippen LogP contribution in [0.3, 0.4) is 0 Å². The maximum atomic E-state index is 13.5. The van der Waals surface area contributed by atoms with Crippen molar-refractivity contribution >= 4 is 42.4 Å². The predicted octanol–water partition coefficient (Wildman–Crippen LogP) is 3.68. The zero-order valence-electron chi connectivity index (χ0n) is 14.0. The molecule has 1 aliphatic rings. The molecule has 0 aliphatic carbocycles. The Morgan fingerprint density at radius 3 is 2.42 bits per heavy atom. The van der Waals surface area contributed by atoms with Gasteiger partial charge in [0.25, 0.3) is 0 Å². The van der Waals surface area contributed by atoms with Gasteiger partial charge in [-0.1, -0.05) is 6.92 Å². The summed E-state index contributed by atoms with van der Waals surface area (Å²) in [6.07, 6.45) is -2.66. The van der Waals surface area contributed by atoms with Gasteiger partial charge >= 0.3 is 6.18 Å². The fourth-order valence-corrected chi connectivity index (χ4v) is 2.55. The number of rotatable bonds is 1. The van der Waals surface area contributed by atoms with E-state index < -0.39 is 17.6 Å². The Bertz CT molecular complexity index is 664. The molecule has 1 aliphatic heterocycles. The molecule has 0 spiro atoms. The third kappa shape index (κ3) is 6.53. The molecule has 0 bridgehead atoms. The van der Waals surface area contributed by atoms with Crippen molar-refractivity contribution in [2.75, 3.05) is 13.1 Å². The second-order valence-electron chi connectivity index (χ2n) is 5.80. The fraction of sp³-hybridized carbons (Fsp3) is 0.467. The van der Waals surface area contributed by atoms with Gasteiger partial charge in [-0.25, -0.2) is 9.38 Å². The molecule has 0 saturated carbocycles. The molecule has 1 aromatic rings. The molecule has 1 atom stereocenters. The molecule has 0 aromatic heterocycles. The van der Waals surface area contributed by atoms with Crippen LogP contribution >= 0.6 is 24.8 Å². The van der Waals surface area contributed by atoms with Gasteiger partial charge < -0.3 is 16.4 Å². The summed E-state index contributed by atoms with van der Waals surface area (Å²) in [5, 5.41) is 0.